The topological polar surface area (TPSA) is 89.1 Å². The number of aromatic hydroxyl groups is 1. The fraction of sp³-hybridized carbons (Fsp3) is 0.379. The molecule has 0 saturated carbocycles. The van der Waals surface area contributed by atoms with Crippen molar-refractivity contribution in [2.45, 2.75) is 71.5 Å². The minimum Gasteiger partial charge on any atom is -0.508 e. The first-order valence-corrected chi connectivity index (χ1v) is 13.0. The normalized spacial score (nSPS) is 15.1. The minimum absolute atomic E-state index is 0.0163. The third-order valence-electron chi connectivity index (χ3n) is 7.10. The molecule has 1 unspecified atom stereocenters. The predicted octanol–water partition coefficient (Wildman–Crippen LogP) is 5.03. The van der Waals surface area contributed by atoms with Crippen molar-refractivity contribution in [3.63, 3.8) is 0 Å². The molecule has 5 rings (SSSR count). The van der Waals surface area contributed by atoms with E-state index in [1.807, 2.05) is 63.3 Å². The number of nitrogens with zero attached hydrogens (tertiary/aromatic N) is 6. The van der Waals surface area contributed by atoms with E-state index in [0.717, 1.165) is 59.4 Å². The van der Waals surface area contributed by atoms with Gasteiger partial charge in [0.2, 0.25) is 5.91 Å². The monoisotopic (exact) mass is 498 g/mol. The summed E-state index contributed by atoms with van der Waals surface area (Å²) >= 11 is 0. The standard InChI is InChI=1S/C29H34N6O2/c1-4-33-16-21(13-31-33)17-34-18-22(14-32-34)19-35(23-11-12-27(20(2)3)30-15-23)29(37)26-9-5-8-25-24(26)7-6-10-28(25)36/h6-7,10-16,18,20,26,36H,4-5,8-9,17,19H2,1-3H3. The van der Waals surface area contributed by atoms with Gasteiger partial charge in [-0.3, -0.25) is 19.1 Å². The average Bonchev–Trinajstić information content (AvgIpc) is 3.56. The lowest BCUT2D eigenvalue weighted by molar-refractivity contribution is -0.120. The van der Waals surface area contributed by atoms with Crippen LogP contribution in [0.4, 0.5) is 5.69 Å². The van der Waals surface area contributed by atoms with Crippen LogP contribution < -0.4 is 4.90 Å². The summed E-state index contributed by atoms with van der Waals surface area (Å²) in [5, 5.41) is 19.3. The Kier molecular flexibility index (Phi) is 7.08. The summed E-state index contributed by atoms with van der Waals surface area (Å²) < 4.78 is 3.77. The molecule has 0 saturated heterocycles. The number of phenols is 1. The van der Waals surface area contributed by atoms with E-state index in [2.05, 4.69) is 36.0 Å². The van der Waals surface area contributed by atoms with Crippen molar-refractivity contribution < 1.29 is 9.90 Å². The zero-order chi connectivity index (χ0) is 25.9. The van der Waals surface area contributed by atoms with Crippen molar-refractivity contribution >= 4 is 11.6 Å². The molecular weight excluding hydrogens is 464 g/mol. The Bertz CT molecular complexity index is 1370. The maximum absolute atomic E-state index is 14.1. The van der Waals surface area contributed by atoms with Crippen LogP contribution in [-0.2, 0) is 30.8 Å². The van der Waals surface area contributed by atoms with Gasteiger partial charge in [0.25, 0.3) is 0 Å². The van der Waals surface area contributed by atoms with Crippen molar-refractivity contribution in [3.8, 4) is 5.75 Å². The first-order chi connectivity index (χ1) is 17.9. The number of amides is 1. The molecule has 4 aromatic rings. The second-order valence-electron chi connectivity index (χ2n) is 10.1. The fourth-order valence-corrected chi connectivity index (χ4v) is 5.07. The van der Waals surface area contributed by atoms with E-state index in [-0.39, 0.29) is 17.6 Å². The van der Waals surface area contributed by atoms with Gasteiger partial charge in [0, 0.05) is 35.8 Å². The Morgan fingerprint density at radius 3 is 2.59 bits per heavy atom. The summed E-state index contributed by atoms with van der Waals surface area (Å²) in [6, 6.07) is 9.49. The zero-order valence-electron chi connectivity index (χ0n) is 21.7. The SMILES string of the molecule is CCn1cc(Cn2cc(CN(C(=O)C3CCCc4c(O)cccc43)c3ccc(C(C)C)nc3)cn2)cn1. The summed E-state index contributed by atoms with van der Waals surface area (Å²) in [7, 11) is 0. The van der Waals surface area contributed by atoms with Crippen molar-refractivity contribution in [1.29, 1.82) is 0 Å². The van der Waals surface area contributed by atoms with E-state index in [0.29, 0.717) is 19.0 Å². The second kappa shape index (κ2) is 10.6. The van der Waals surface area contributed by atoms with Crippen molar-refractivity contribution in [3.05, 3.63) is 89.3 Å². The van der Waals surface area contributed by atoms with Gasteiger partial charge in [-0.05, 0) is 61.4 Å². The number of pyridine rings is 1. The van der Waals surface area contributed by atoms with Crippen LogP contribution in [-0.4, -0.2) is 35.6 Å². The van der Waals surface area contributed by atoms with Crippen LogP contribution in [0, 0.1) is 0 Å². The van der Waals surface area contributed by atoms with Gasteiger partial charge >= 0.3 is 0 Å². The molecule has 1 N–H and O–H groups in total. The lowest BCUT2D eigenvalue weighted by Gasteiger charge is -2.31. The predicted molar refractivity (Wildman–Crippen MR) is 143 cm³/mol. The molecule has 192 valence electrons. The molecule has 1 amide bonds. The Hall–Kier alpha value is -3.94. The Morgan fingerprint density at radius 1 is 1.08 bits per heavy atom. The quantitative estimate of drug-likeness (QED) is 0.368. The van der Waals surface area contributed by atoms with E-state index in [1.165, 1.54) is 0 Å². The third kappa shape index (κ3) is 5.28. The molecule has 0 spiro atoms. The first-order valence-electron chi connectivity index (χ1n) is 13.0. The van der Waals surface area contributed by atoms with Gasteiger partial charge in [-0.2, -0.15) is 10.2 Å². The summed E-state index contributed by atoms with van der Waals surface area (Å²) in [6.45, 7) is 8.11. The highest BCUT2D eigenvalue weighted by atomic mass is 16.3. The van der Waals surface area contributed by atoms with E-state index >= 15 is 0 Å². The number of carbonyl (C=O) groups excluding carboxylic acids is 1. The molecular formula is C29H34N6O2. The number of aromatic nitrogens is 5. The minimum atomic E-state index is -0.310. The smallest absolute Gasteiger partial charge is 0.234 e. The molecule has 0 aliphatic heterocycles. The number of benzene rings is 1. The van der Waals surface area contributed by atoms with E-state index in [1.54, 1.807) is 12.3 Å². The fourth-order valence-electron chi connectivity index (χ4n) is 5.07. The number of fused-ring (bicyclic) bond motifs is 1. The summed E-state index contributed by atoms with van der Waals surface area (Å²) in [4.78, 5) is 20.6. The van der Waals surface area contributed by atoms with Gasteiger partial charge in [0.05, 0.1) is 43.3 Å². The number of aryl methyl sites for hydroxylation is 1. The molecule has 1 aliphatic carbocycles. The number of hydrogen-bond donors (Lipinski definition) is 1. The molecule has 1 aromatic carbocycles. The van der Waals surface area contributed by atoms with Crippen LogP contribution in [0.1, 0.15) is 73.4 Å². The van der Waals surface area contributed by atoms with Crippen LogP contribution in [0.15, 0.2) is 61.3 Å². The molecule has 0 radical (unpaired) electrons. The Labute approximate surface area is 217 Å². The molecule has 37 heavy (non-hydrogen) atoms. The van der Waals surface area contributed by atoms with Gasteiger partial charge in [0.1, 0.15) is 5.75 Å². The van der Waals surface area contributed by atoms with Crippen LogP contribution >= 0.6 is 0 Å². The highest BCUT2D eigenvalue weighted by molar-refractivity contribution is 5.98. The van der Waals surface area contributed by atoms with Gasteiger partial charge < -0.3 is 10.0 Å². The van der Waals surface area contributed by atoms with Crippen molar-refractivity contribution in [1.82, 2.24) is 24.5 Å². The lowest BCUT2D eigenvalue weighted by Crippen LogP contribution is -2.36. The summed E-state index contributed by atoms with van der Waals surface area (Å²) in [6.07, 6.45) is 11.9. The Balaban J connectivity index is 1.43. The van der Waals surface area contributed by atoms with E-state index in [9.17, 15) is 9.90 Å². The second-order valence-corrected chi connectivity index (χ2v) is 10.1. The number of phenolic OH excluding ortho intramolecular Hbond substituents is 1. The lowest BCUT2D eigenvalue weighted by atomic mass is 9.81. The average molecular weight is 499 g/mol. The molecule has 3 heterocycles. The van der Waals surface area contributed by atoms with Crippen LogP contribution in [0.25, 0.3) is 0 Å². The van der Waals surface area contributed by atoms with E-state index < -0.39 is 0 Å². The molecule has 8 nitrogen and oxygen atoms in total. The number of rotatable bonds is 8. The highest BCUT2D eigenvalue weighted by Gasteiger charge is 2.32. The van der Waals surface area contributed by atoms with Gasteiger partial charge in [-0.1, -0.05) is 26.0 Å². The van der Waals surface area contributed by atoms with Gasteiger partial charge in [0.15, 0.2) is 0 Å². The largest absolute Gasteiger partial charge is 0.508 e. The highest BCUT2D eigenvalue weighted by Crippen LogP contribution is 2.38. The summed E-state index contributed by atoms with van der Waals surface area (Å²) in [5.74, 6) is 0.289. The van der Waals surface area contributed by atoms with Crippen molar-refractivity contribution in [2.75, 3.05) is 4.90 Å². The van der Waals surface area contributed by atoms with Crippen LogP contribution in [0.2, 0.25) is 0 Å². The van der Waals surface area contributed by atoms with Gasteiger partial charge in [-0.15, -0.1) is 0 Å². The summed E-state index contributed by atoms with van der Waals surface area (Å²) in [5.41, 5.74) is 5.59. The van der Waals surface area contributed by atoms with Gasteiger partial charge in [-0.25, -0.2) is 0 Å². The molecule has 1 atom stereocenters. The van der Waals surface area contributed by atoms with Crippen LogP contribution in [0.5, 0.6) is 5.75 Å². The number of anilines is 1. The molecule has 3 aromatic heterocycles. The maximum Gasteiger partial charge on any atom is 0.234 e. The van der Waals surface area contributed by atoms with Crippen LogP contribution in [0.3, 0.4) is 0 Å². The molecule has 0 fully saturated rings. The van der Waals surface area contributed by atoms with E-state index in [4.69, 9.17) is 0 Å². The molecule has 1 aliphatic rings. The van der Waals surface area contributed by atoms with Crippen molar-refractivity contribution in [2.24, 2.45) is 0 Å². The number of carbonyl (C=O) groups is 1. The zero-order valence-corrected chi connectivity index (χ0v) is 21.7. The Morgan fingerprint density at radius 2 is 1.86 bits per heavy atom. The first kappa shape index (κ1) is 24.7. The molecule has 0 bridgehead atoms. The third-order valence-corrected chi connectivity index (χ3v) is 7.10. The maximum atomic E-state index is 14.1. The number of hydrogen-bond acceptors (Lipinski definition) is 5. The molecule has 8 heteroatoms.